The van der Waals surface area contributed by atoms with Crippen molar-refractivity contribution in [3.05, 3.63) is 0 Å². The molecule has 0 aromatic carbocycles. The highest BCUT2D eigenvalue weighted by atomic mass is 16.5. The van der Waals surface area contributed by atoms with Crippen molar-refractivity contribution in [2.75, 3.05) is 19.8 Å². The summed E-state index contributed by atoms with van der Waals surface area (Å²) in [5.74, 6) is -0.162. The van der Waals surface area contributed by atoms with Gasteiger partial charge in [-0.15, -0.1) is 0 Å². The molecular formula is C12H25NO3. The monoisotopic (exact) mass is 231 g/mol. The summed E-state index contributed by atoms with van der Waals surface area (Å²) in [6.45, 7) is 9.75. The van der Waals surface area contributed by atoms with Crippen LogP contribution < -0.4 is 5.32 Å². The molecular weight excluding hydrogens is 206 g/mol. The first-order chi connectivity index (χ1) is 7.42. The van der Waals surface area contributed by atoms with Gasteiger partial charge in [0.2, 0.25) is 0 Å². The Morgan fingerprint density at radius 3 is 2.50 bits per heavy atom. The Morgan fingerprint density at radius 2 is 2.06 bits per heavy atom. The minimum Gasteiger partial charge on any atom is -0.480 e. The third kappa shape index (κ3) is 6.08. The molecule has 0 aliphatic carbocycles. The van der Waals surface area contributed by atoms with Crippen LogP contribution in [0.4, 0.5) is 0 Å². The minimum absolute atomic E-state index is 0.564. The van der Waals surface area contributed by atoms with Gasteiger partial charge in [0, 0.05) is 13.2 Å². The smallest absolute Gasteiger partial charge is 0.323 e. The molecule has 0 bridgehead atoms. The second-order valence-electron chi connectivity index (χ2n) is 4.71. The topological polar surface area (TPSA) is 58.6 Å². The molecule has 0 aliphatic rings. The summed E-state index contributed by atoms with van der Waals surface area (Å²) in [5, 5.41) is 12.0. The van der Waals surface area contributed by atoms with Gasteiger partial charge in [0.25, 0.3) is 0 Å². The lowest BCUT2D eigenvalue weighted by atomic mass is 9.99. The fraction of sp³-hybridized carbons (Fsp3) is 0.917. The fourth-order valence-corrected chi connectivity index (χ4v) is 1.17. The van der Waals surface area contributed by atoms with E-state index in [1.54, 1.807) is 6.92 Å². The molecule has 2 N–H and O–H groups in total. The van der Waals surface area contributed by atoms with E-state index in [2.05, 4.69) is 19.2 Å². The lowest BCUT2D eigenvalue weighted by molar-refractivity contribution is -0.144. The molecule has 1 unspecified atom stereocenters. The maximum atomic E-state index is 11.0. The summed E-state index contributed by atoms with van der Waals surface area (Å²) in [7, 11) is 0. The van der Waals surface area contributed by atoms with E-state index in [0.717, 1.165) is 13.0 Å². The van der Waals surface area contributed by atoms with E-state index in [4.69, 9.17) is 9.84 Å². The lowest BCUT2D eigenvalue weighted by Gasteiger charge is -2.24. The van der Waals surface area contributed by atoms with Gasteiger partial charge in [0.05, 0.1) is 6.61 Å². The normalized spacial score (nSPS) is 15.1. The summed E-state index contributed by atoms with van der Waals surface area (Å²) in [6, 6.07) is 0. The van der Waals surface area contributed by atoms with Gasteiger partial charge in [-0.2, -0.15) is 0 Å². The highest BCUT2D eigenvalue weighted by Crippen LogP contribution is 2.08. The van der Waals surface area contributed by atoms with Gasteiger partial charge in [-0.3, -0.25) is 10.1 Å². The van der Waals surface area contributed by atoms with Crippen LogP contribution in [0.3, 0.4) is 0 Å². The van der Waals surface area contributed by atoms with Crippen molar-refractivity contribution < 1.29 is 14.6 Å². The van der Waals surface area contributed by atoms with E-state index >= 15 is 0 Å². The first-order valence-electron chi connectivity index (χ1n) is 5.98. The number of rotatable bonds is 9. The molecule has 96 valence electrons. The van der Waals surface area contributed by atoms with Crippen molar-refractivity contribution >= 4 is 5.97 Å². The zero-order valence-electron chi connectivity index (χ0n) is 10.9. The van der Waals surface area contributed by atoms with Gasteiger partial charge in [-0.1, -0.05) is 20.8 Å². The van der Waals surface area contributed by atoms with Crippen LogP contribution in [-0.2, 0) is 9.53 Å². The SMILES string of the molecule is CCC(C)(NCCOCCC(C)C)C(=O)O. The Kier molecular flexibility index (Phi) is 7.34. The number of aliphatic carboxylic acids is 1. The standard InChI is InChI=1S/C12H25NO3/c1-5-12(4,11(14)15)13-7-9-16-8-6-10(2)3/h10,13H,5-9H2,1-4H3,(H,14,15). The first-order valence-corrected chi connectivity index (χ1v) is 5.98. The molecule has 1 atom stereocenters. The van der Waals surface area contributed by atoms with Gasteiger partial charge in [-0.05, 0) is 25.7 Å². The minimum atomic E-state index is -0.832. The summed E-state index contributed by atoms with van der Waals surface area (Å²) < 4.78 is 5.41. The number of carbonyl (C=O) groups is 1. The quantitative estimate of drug-likeness (QED) is 0.595. The number of hydrogen-bond acceptors (Lipinski definition) is 3. The van der Waals surface area contributed by atoms with Gasteiger partial charge >= 0.3 is 5.97 Å². The van der Waals surface area contributed by atoms with Crippen molar-refractivity contribution in [1.82, 2.24) is 5.32 Å². The van der Waals surface area contributed by atoms with Crippen molar-refractivity contribution in [1.29, 1.82) is 0 Å². The second-order valence-corrected chi connectivity index (χ2v) is 4.71. The Bertz CT molecular complexity index is 206. The average Bonchev–Trinajstić information content (AvgIpc) is 2.22. The van der Waals surface area contributed by atoms with Crippen molar-refractivity contribution in [2.24, 2.45) is 5.92 Å². The van der Waals surface area contributed by atoms with E-state index in [9.17, 15) is 4.79 Å². The predicted octanol–water partition coefficient (Wildman–Crippen LogP) is 1.89. The molecule has 0 saturated carbocycles. The zero-order chi connectivity index (χ0) is 12.6. The average molecular weight is 231 g/mol. The third-order valence-corrected chi connectivity index (χ3v) is 2.78. The molecule has 0 rings (SSSR count). The molecule has 4 heteroatoms. The van der Waals surface area contributed by atoms with Crippen LogP contribution in [0.2, 0.25) is 0 Å². The van der Waals surface area contributed by atoms with E-state index < -0.39 is 11.5 Å². The van der Waals surface area contributed by atoms with Crippen LogP contribution in [0.1, 0.15) is 40.5 Å². The van der Waals surface area contributed by atoms with Gasteiger partial charge in [-0.25, -0.2) is 0 Å². The zero-order valence-corrected chi connectivity index (χ0v) is 10.9. The maximum absolute atomic E-state index is 11.0. The Balaban J connectivity index is 3.61. The van der Waals surface area contributed by atoms with Crippen LogP contribution in [0.25, 0.3) is 0 Å². The van der Waals surface area contributed by atoms with Crippen LogP contribution in [0, 0.1) is 5.92 Å². The first kappa shape index (κ1) is 15.4. The highest BCUT2D eigenvalue weighted by Gasteiger charge is 2.29. The van der Waals surface area contributed by atoms with Crippen LogP contribution in [0.5, 0.6) is 0 Å². The predicted molar refractivity (Wildman–Crippen MR) is 64.6 cm³/mol. The molecule has 0 radical (unpaired) electrons. The maximum Gasteiger partial charge on any atom is 0.323 e. The van der Waals surface area contributed by atoms with Crippen LogP contribution in [-0.4, -0.2) is 36.4 Å². The number of ether oxygens (including phenoxy) is 1. The van der Waals surface area contributed by atoms with Crippen LogP contribution >= 0.6 is 0 Å². The summed E-state index contributed by atoms with van der Waals surface area (Å²) in [5.41, 5.74) is -0.832. The molecule has 0 heterocycles. The summed E-state index contributed by atoms with van der Waals surface area (Å²) in [4.78, 5) is 11.0. The van der Waals surface area contributed by atoms with E-state index in [0.29, 0.717) is 25.5 Å². The van der Waals surface area contributed by atoms with Crippen LogP contribution in [0.15, 0.2) is 0 Å². The summed E-state index contributed by atoms with van der Waals surface area (Å²) >= 11 is 0. The molecule has 0 aromatic rings. The molecule has 0 amide bonds. The summed E-state index contributed by atoms with van der Waals surface area (Å²) in [6.07, 6.45) is 1.61. The van der Waals surface area contributed by atoms with Crippen molar-refractivity contribution in [3.8, 4) is 0 Å². The molecule has 0 aromatic heterocycles. The number of carboxylic acids is 1. The van der Waals surface area contributed by atoms with Crippen molar-refractivity contribution in [2.45, 2.75) is 46.1 Å². The molecule has 0 aliphatic heterocycles. The fourth-order valence-electron chi connectivity index (χ4n) is 1.17. The van der Waals surface area contributed by atoms with Gasteiger partial charge in [0.1, 0.15) is 5.54 Å². The van der Waals surface area contributed by atoms with Gasteiger partial charge in [0.15, 0.2) is 0 Å². The Labute approximate surface area is 98.4 Å². The second kappa shape index (κ2) is 7.63. The number of carboxylic acid groups (broad SMARTS) is 1. The molecule has 16 heavy (non-hydrogen) atoms. The number of hydrogen-bond donors (Lipinski definition) is 2. The molecule has 0 saturated heterocycles. The number of nitrogens with one attached hydrogen (secondary N) is 1. The molecule has 0 spiro atoms. The molecule has 4 nitrogen and oxygen atoms in total. The lowest BCUT2D eigenvalue weighted by Crippen LogP contribution is -2.50. The third-order valence-electron chi connectivity index (χ3n) is 2.78. The van der Waals surface area contributed by atoms with Crippen molar-refractivity contribution in [3.63, 3.8) is 0 Å². The van der Waals surface area contributed by atoms with E-state index in [-0.39, 0.29) is 0 Å². The van der Waals surface area contributed by atoms with Gasteiger partial charge < -0.3 is 9.84 Å². The highest BCUT2D eigenvalue weighted by molar-refractivity contribution is 5.78. The van der Waals surface area contributed by atoms with E-state index in [1.165, 1.54) is 0 Å². The molecule has 0 fully saturated rings. The Morgan fingerprint density at radius 1 is 1.44 bits per heavy atom. The van der Waals surface area contributed by atoms with E-state index in [1.807, 2.05) is 6.92 Å². The Hall–Kier alpha value is -0.610. The largest absolute Gasteiger partial charge is 0.480 e.